The van der Waals surface area contributed by atoms with E-state index in [4.69, 9.17) is 5.11 Å². The van der Waals surface area contributed by atoms with Crippen LogP contribution in [0.4, 0.5) is 17.6 Å². The van der Waals surface area contributed by atoms with Gasteiger partial charge in [-0.2, -0.15) is 13.2 Å². The minimum Gasteiger partial charge on any atom is -0.478 e. The number of halogens is 4. The van der Waals surface area contributed by atoms with Gasteiger partial charge >= 0.3 is 12.1 Å². The third kappa shape index (κ3) is 4.16. The van der Waals surface area contributed by atoms with Gasteiger partial charge in [0.1, 0.15) is 11.5 Å². The van der Waals surface area contributed by atoms with E-state index in [-0.39, 0.29) is 17.1 Å². The van der Waals surface area contributed by atoms with E-state index in [0.717, 1.165) is 18.2 Å². The summed E-state index contributed by atoms with van der Waals surface area (Å²) in [5, 5.41) is 9.13. The van der Waals surface area contributed by atoms with Crippen LogP contribution in [-0.4, -0.2) is 26.0 Å². The molecule has 4 aromatic rings. The molecule has 9 heteroatoms. The summed E-state index contributed by atoms with van der Waals surface area (Å²) in [6.07, 6.45) is -3.11. The van der Waals surface area contributed by atoms with Gasteiger partial charge in [0, 0.05) is 11.8 Å². The van der Waals surface area contributed by atoms with Crippen molar-refractivity contribution in [2.45, 2.75) is 6.18 Å². The lowest BCUT2D eigenvalue weighted by Gasteiger charge is -2.11. The number of carboxylic acids is 1. The minimum atomic E-state index is -4.68. The molecular weight excluding hydrogens is 414 g/mol. The number of hydrogen-bond donors (Lipinski definition) is 2. The normalized spacial score (nSPS) is 11.5. The van der Waals surface area contributed by atoms with Crippen LogP contribution in [0, 0.1) is 5.82 Å². The quantitative estimate of drug-likeness (QED) is 0.412. The van der Waals surface area contributed by atoms with Gasteiger partial charge in [0.25, 0.3) is 0 Å². The van der Waals surface area contributed by atoms with Crippen LogP contribution in [0.25, 0.3) is 33.9 Å². The molecule has 2 aromatic heterocycles. The average Bonchev–Trinajstić information content (AvgIpc) is 3.28. The Balaban J connectivity index is 1.84. The Bertz CT molecular complexity index is 1270. The van der Waals surface area contributed by atoms with Crippen LogP contribution in [0.15, 0.2) is 66.9 Å². The smallest absolute Gasteiger partial charge is 0.433 e. The number of nitrogens with one attached hydrogen (secondary N) is 1. The number of hydrogen-bond acceptors (Lipinski definition) is 3. The van der Waals surface area contributed by atoms with Crippen molar-refractivity contribution < 1.29 is 27.5 Å². The van der Waals surface area contributed by atoms with E-state index >= 15 is 0 Å². The molecule has 0 aliphatic carbocycles. The van der Waals surface area contributed by atoms with Gasteiger partial charge < -0.3 is 10.1 Å². The summed E-state index contributed by atoms with van der Waals surface area (Å²) in [6.45, 7) is 0. The molecule has 0 amide bonds. The molecule has 5 nitrogen and oxygen atoms in total. The summed E-state index contributed by atoms with van der Waals surface area (Å²) in [6, 6.07) is 13.9. The van der Waals surface area contributed by atoms with Crippen LogP contribution in [0.3, 0.4) is 0 Å². The monoisotopic (exact) mass is 427 g/mol. The number of aromatic carboxylic acids is 1. The lowest BCUT2D eigenvalue weighted by molar-refractivity contribution is -0.141. The van der Waals surface area contributed by atoms with Gasteiger partial charge in [-0.3, -0.25) is 0 Å². The largest absolute Gasteiger partial charge is 0.478 e. The Labute approximate surface area is 173 Å². The van der Waals surface area contributed by atoms with Gasteiger partial charge in [-0.25, -0.2) is 19.2 Å². The van der Waals surface area contributed by atoms with Gasteiger partial charge in [0.2, 0.25) is 0 Å². The Morgan fingerprint density at radius 3 is 2.32 bits per heavy atom. The number of alkyl halides is 3. The molecular formula is C22H13F4N3O2. The Kier molecular flexibility index (Phi) is 5.02. The Morgan fingerprint density at radius 1 is 0.903 bits per heavy atom. The van der Waals surface area contributed by atoms with Gasteiger partial charge in [-0.05, 0) is 47.5 Å². The zero-order valence-electron chi connectivity index (χ0n) is 15.6. The van der Waals surface area contributed by atoms with Crippen LogP contribution in [0.2, 0.25) is 0 Å². The topological polar surface area (TPSA) is 78.9 Å². The van der Waals surface area contributed by atoms with Gasteiger partial charge in [0.15, 0.2) is 5.82 Å². The molecule has 0 atom stereocenters. The summed E-state index contributed by atoms with van der Waals surface area (Å²) in [7, 11) is 0. The molecule has 0 saturated carbocycles. The molecule has 0 spiro atoms. The molecule has 0 aliphatic heterocycles. The molecule has 4 rings (SSSR count). The van der Waals surface area contributed by atoms with Crippen LogP contribution >= 0.6 is 0 Å². The molecule has 156 valence electrons. The fourth-order valence-corrected chi connectivity index (χ4v) is 3.06. The zero-order chi connectivity index (χ0) is 22.2. The highest BCUT2D eigenvalue weighted by atomic mass is 19.4. The van der Waals surface area contributed by atoms with Crippen molar-refractivity contribution in [2.75, 3.05) is 0 Å². The van der Waals surface area contributed by atoms with E-state index in [9.17, 15) is 22.4 Å². The standard InChI is InChI=1S/C22H13F4N3O2/c23-16-7-6-13(10-15(16)21(30)31)12-3-1-4-14(9-12)20-28-18(17-5-2-8-27-17)11-19(29-20)22(24,25)26/h1-11,27H,(H,30,31). The third-order valence-electron chi connectivity index (χ3n) is 4.54. The van der Waals surface area contributed by atoms with Crippen LogP contribution in [-0.2, 0) is 6.18 Å². The number of H-pyrrole nitrogens is 1. The highest BCUT2D eigenvalue weighted by Gasteiger charge is 2.34. The first-order valence-electron chi connectivity index (χ1n) is 8.96. The summed E-state index contributed by atoms with van der Waals surface area (Å²) >= 11 is 0. The van der Waals surface area contributed by atoms with Gasteiger partial charge in [0.05, 0.1) is 17.0 Å². The van der Waals surface area contributed by atoms with Crippen molar-refractivity contribution in [1.82, 2.24) is 15.0 Å². The van der Waals surface area contributed by atoms with Crippen LogP contribution < -0.4 is 0 Å². The number of rotatable bonds is 4. The predicted molar refractivity (Wildman–Crippen MR) is 105 cm³/mol. The van der Waals surface area contributed by atoms with E-state index in [2.05, 4.69) is 15.0 Å². The number of aromatic nitrogens is 3. The van der Waals surface area contributed by atoms with Crippen molar-refractivity contribution in [2.24, 2.45) is 0 Å². The molecule has 2 aromatic carbocycles. The van der Waals surface area contributed by atoms with Crippen molar-refractivity contribution in [1.29, 1.82) is 0 Å². The Hall–Kier alpha value is -4.01. The lowest BCUT2D eigenvalue weighted by Crippen LogP contribution is -2.10. The van der Waals surface area contributed by atoms with Gasteiger partial charge in [-0.15, -0.1) is 0 Å². The summed E-state index contributed by atoms with van der Waals surface area (Å²) in [4.78, 5) is 22.0. The molecule has 0 unspecified atom stereocenters. The maximum absolute atomic E-state index is 13.7. The fraction of sp³-hybridized carbons (Fsp3) is 0.0455. The minimum absolute atomic E-state index is 0.0719. The molecule has 0 aliphatic rings. The molecule has 0 radical (unpaired) electrons. The van der Waals surface area contributed by atoms with E-state index in [1.54, 1.807) is 36.5 Å². The van der Waals surface area contributed by atoms with E-state index in [0.29, 0.717) is 16.8 Å². The second kappa shape index (κ2) is 7.67. The van der Waals surface area contributed by atoms with E-state index in [1.807, 2.05) is 0 Å². The molecule has 2 N–H and O–H groups in total. The maximum atomic E-state index is 13.7. The highest BCUT2D eigenvalue weighted by molar-refractivity contribution is 5.90. The van der Waals surface area contributed by atoms with Crippen molar-refractivity contribution in [3.8, 4) is 33.9 Å². The van der Waals surface area contributed by atoms with Crippen LogP contribution in [0.1, 0.15) is 16.1 Å². The molecule has 0 saturated heterocycles. The van der Waals surface area contributed by atoms with E-state index in [1.165, 1.54) is 12.1 Å². The van der Waals surface area contributed by atoms with Crippen molar-refractivity contribution in [3.63, 3.8) is 0 Å². The summed E-state index contributed by atoms with van der Waals surface area (Å²) in [5.74, 6) is -2.46. The first-order chi connectivity index (χ1) is 14.7. The second-order valence-electron chi connectivity index (χ2n) is 6.62. The Morgan fingerprint density at radius 2 is 1.65 bits per heavy atom. The number of aromatic amines is 1. The second-order valence-corrected chi connectivity index (χ2v) is 6.62. The lowest BCUT2D eigenvalue weighted by atomic mass is 10.0. The zero-order valence-corrected chi connectivity index (χ0v) is 15.6. The summed E-state index contributed by atoms with van der Waals surface area (Å²) < 4.78 is 54.0. The number of carbonyl (C=O) groups is 1. The molecule has 0 bridgehead atoms. The van der Waals surface area contributed by atoms with Gasteiger partial charge in [-0.1, -0.05) is 24.3 Å². The molecule has 0 fully saturated rings. The fourth-order valence-electron chi connectivity index (χ4n) is 3.06. The first kappa shape index (κ1) is 20.3. The molecule has 2 heterocycles. The van der Waals surface area contributed by atoms with Crippen LogP contribution in [0.5, 0.6) is 0 Å². The van der Waals surface area contributed by atoms with Crippen molar-refractivity contribution in [3.05, 3.63) is 83.9 Å². The number of nitrogens with zero attached hydrogens (tertiary/aromatic N) is 2. The highest BCUT2D eigenvalue weighted by Crippen LogP contribution is 2.33. The summed E-state index contributed by atoms with van der Waals surface area (Å²) in [5.41, 5.74) is 0.0181. The number of carboxylic acid groups (broad SMARTS) is 1. The third-order valence-corrected chi connectivity index (χ3v) is 4.54. The SMILES string of the molecule is O=C(O)c1cc(-c2cccc(-c3nc(-c4ccc[nH]4)cc(C(F)(F)F)n3)c2)ccc1F. The number of benzene rings is 2. The molecule has 31 heavy (non-hydrogen) atoms. The van der Waals surface area contributed by atoms with Crippen molar-refractivity contribution >= 4 is 5.97 Å². The maximum Gasteiger partial charge on any atom is 0.433 e. The average molecular weight is 427 g/mol. The first-order valence-corrected chi connectivity index (χ1v) is 8.96. The predicted octanol–water partition coefficient (Wildman–Crippen LogP) is 5.66. The van der Waals surface area contributed by atoms with E-state index < -0.39 is 29.2 Å².